The zero-order valence-corrected chi connectivity index (χ0v) is 11.5. The third-order valence-electron chi connectivity index (χ3n) is 3.39. The number of aromatic nitrogens is 2. The SMILES string of the molecule is CCCCNCc1cnn(C2CCCC2)c1.Cl. The van der Waals surface area contributed by atoms with E-state index in [0.29, 0.717) is 6.04 Å². The summed E-state index contributed by atoms with van der Waals surface area (Å²) in [5.74, 6) is 0. The van der Waals surface area contributed by atoms with Gasteiger partial charge in [-0.1, -0.05) is 26.2 Å². The molecule has 0 radical (unpaired) electrons. The molecule has 0 spiro atoms. The van der Waals surface area contributed by atoms with Crippen molar-refractivity contribution in [2.75, 3.05) is 6.54 Å². The maximum Gasteiger partial charge on any atom is 0.0534 e. The summed E-state index contributed by atoms with van der Waals surface area (Å²) in [6.07, 6.45) is 12.1. The molecule has 0 aliphatic heterocycles. The fraction of sp³-hybridized carbons (Fsp3) is 0.769. The highest BCUT2D eigenvalue weighted by Gasteiger charge is 2.17. The van der Waals surface area contributed by atoms with E-state index in [4.69, 9.17) is 0 Å². The smallest absolute Gasteiger partial charge is 0.0534 e. The zero-order valence-electron chi connectivity index (χ0n) is 10.7. The molecule has 0 atom stereocenters. The van der Waals surface area contributed by atoms with E-state index in [9.17, 15) is 0 Å². The standard InChI is InChI=1S/C13H23N3.ClH/c1-2-3-8-14-9-12-10-15-16(11-12)13-6-4-5-7-13;/h10-11,13-14H,2-9H2,1H3;1H. The summed E-state index contributed by atoms with van der Waals surface area (Å²) in [5, 5.41) is 7.93. The summed E-state index contributed by atoms with van der Waals surface area (Å²) in [6, 6.07) is 0.671. The number of hydrogen-bond donors (Lipinski definition) is 1. The minimum atomic E-state index is 0. The van der Waals surface area contributed by atoms with Gasteiger partial charge in [0.25, 0.3) is 0 Å². The van der Waals surface area contributed by atoms with Crippen molar-refractivity contribution < 1.29 is 0 Å². The van der Waals surface area contributed by atoms with Gasteiger partial charge in [-0.25, -0.2) is 0 Å². The van der Waals surface area contributed by atoms with Crippen molar-refractivity contribution in [3.63, 3.8) is 0 Å². The summed E-state index contributed by atoms with van der Waals surface area (Å²) < 4.78 is 2.17. The molecule has 1 aromatic heterocycles. The van der Waals surface area contributed by atoms with E-state index in [1.165, 1.54) is 44.1 Å². The second-order valence-corrected chi connectivity index (χ2v) is 4.80. The molecule has 1 aromatic rings. The van der Waals surface area contributed by atoms with Crippen molar-refractivity contribution in [3.8, 4) is 0 Å². The Hall–Kier alpha value is -0.540. The summed E-state index contributed by atoms with van der Waals surface area (Å²) in [4.78, 5) is 0. The highest BCUT2D eigenvalue weighted by atomic mass is 35.5. The van der Waals surface area contributed by atoms with Crippen LogP contribution in [-0.2, 0) is 6.54 Å². The molecule has 0 aromatic carbocycles. The minimum absolute atomic E-state index is 0. The van der Waals surface area contributed by atoms with Gasteiger partial charge in [0.05, 0.1) is 12.2 Å². The van der Waals surface area contributed by atoms with Crippen LogP contribution in [0.4, 0.5) is 0 Å². The van der Waals surface area contributed by atoms with Crippen LogP contribution in [-0.4, -0.2) is 16.3 Å². The van der Waals surface area contributed by atoms with Gasteiger partial charge in [0.2, 0.25) is 0 Å². The second-order valence-electron chi connectivity index (χ2n) is 4.80. The Kier molecular flexibility index (Phi) is 6.60. The van der Waals surface area contributed by atoms with E-state index in [1.807, 2.05) is 6.20 Å². The minimum Gasteiger partial charge on any atom is -0.313 e. The quantitative estimate of drug-likeness (QED) is 0.793. The van der Waals surface area contributed by atoms with Crippen LogP contribution in [0.5, 0.6) is 0 Å². The normalized spacial score (nSPS) is 16.1. The average Bonchev–Trinajstić information content (AvgIpc) is 2.94. The van der Waals surface area contributed by atoms with Gasteiger partial charge in [0.1, 0.15) is 0 Å². The topological polar surface area (TPSA) is 29.9 Å². The first kappa shape index (κ1) is 14.5. The Labute approximate surface area is 110 Å². The van der Waals surface area contributed by atoms with Crippen LogP contribution in [0, 0.1) is 0 Å². The Morgan fingerprint density at radius 2 is 2.18 bits per heavy atom. The van der Waals surface area contributed by atoms with Gasteiger partial charge in [0, 0.05) is 18.3 Å². The van der Waals surface area contributed by atoms with Gasteiger partial charge in [-0.2, -0.15) is 5.10 Å². The lowest BCUT2D eigenvalue weighted by molar-refractivity contribution is 0.466. The molecular weight excluding hydrogens is 234 g/mol. The average molecular weight is 258 g/mol. The Balaban J connectivity index is 0.00000144. The number of rotatable bonds is 6. The molecule has 1 fully saturated rings. The molecule has 1 heterocycles. The molecule has 0 unspecified atom stereocenters. The number of hydrogen-bond acceptors (Lipinski definition) is 2. The maximum absolute atomic E-state index is 4.47. The zero-order chi connectivity index (χ0) is 11.2. The van der Waals surface area contributed by atoms with Crippen molar-refractivity contribution >= 4 is 12.4 Å². The lowest BCUT2D eigenvalue weighted by atomic mass is 10.2. The lowest BCUT2D eigenvalue weighted by Gasteiger charge is -2.08. The molecule has 17 heavy (non-hydrogen) atoms. The van der Waals surface area contributed by atoms with Crippen molar-refractivity contribution in [1.82, 2.24) is 15.1 Å². The number of nitrogens with one attached hydrogen (secondary N) is 1. The second kappa shape index (κ2) is 7.72. The first-order valence-corrected chi connectivity index (χ1v) is 6.64. The third-order valence-corrected chi connectivity index (χ3v) is 3.39. The van der Waals surface area contributed by atoms with Crippen LogP contribution < -0.4 is 5.32 Å². The van der Waals surface area contributed by atoms with E-state index in [0.717, 1.165) is 13.1 Å². The van der Waals surface area contributed by atoms with Gasteiger partial charge < -0.3 is 5.32 Å². The van der Waals surface area contributed by atoms with E-state index in [2.05, 4.69) is 28.2 Å². The van der Waals surface area contributed by atoms with Crippen LogP contribution in [0.25, 0.3) is 0 Å². The molecule has 0 bridgehead atoms. The first-order valence-electron chi connectivity index (χ1n) is 6.64. The molecular formula is C13H24ClN3. The highest BCUT2D eigenvalue weighted by Crippen LogP contribution is 2.28. The maximum atomic E-state index is 4.47. The molecule has 2 rings (SSSR count). The molecule has 1 aliphatic rings. The third kappa shape index (κ3) is 4.32. The molecule has 0 saturated heterocycles. The Morgan fingerprint density at radius 1 is 1.41 bits per heavy atom. The molecule has 1 saturated carbocycles. The summed E-state index contributed by atoms with van der Waals surface area (Å²) in [5.41, 5.74) is 1.32. The van der Waals surface area contributed by atoms with Crippen molar-refractivity contribution in [1.29, 1.82) is 0 Å². The van der Waals surface area contributed by atoms with E-state index < -0.39 is 0 Å². The summed E-state index contributed by atoms with van der Waals surface area (Å²) in [6.45, 7) is 4.30. The summed E-state index contributed by atoms with van der Waals surface area (Å²) >= 11 is 0. The van der Waals surface area contributed by atoms with Gasteiger partial charge in [-0.05, 0) is 25.8 Å². The Morgan fingerprint density at radius 3 is 2.88 bits per heavy atom. The van der Waals surface area contributed by atoms with Crippen LogP contribution >= 0.6 is 12.4 Å². The van der Waals surface area contributed by atoms with Gasteiger partial charge in [-0.3, -0.25) is 4.68 Å². The van der Waals surface area contributed by atoms with Gasteiger partial charge in [-0.15, -0.1) is 12.4 Å². The van der Waals surface area contributed by atoms with Crippen molar-refractivity contribution in [2.45, 2.75) is 58.0 Å². The van der Waals surface area contributed by atoms with Crippen LogP contribution in [0.1, 0.15) is 57.1 Å². The van der Waals surface area contributed by atoms with Gasteiger partial charge >= 0.3 is 0 Å². The fourth-order valence-corrected chi connectivity index (χ4v) is 2.37. The molecule has 4 heteroatoms. The number of unbranched alkanes of at least 4 members (excludes halogenated alkanes) is 1. The van der Waals surface area contributed by atoms with E-state index in [1.54, 1.807) is 0 Å². The van der Waals surface area contributed by atoms with Crippen molar-refractivity contribution in [3.05, 3.63) is 18.0 Å². The molecule has 1 aliphatic carbocycles. The number of nitrogens with zero attached hydrogens (tertiary/aromatic N) is 2. The van der Waals surface area contributed by atoms with Crippen LogP contribution in [0.15, 0.2) is 12.4 Å². The first-order chi connectivity index (χ1) is 7.90. The summed E-state index contributed by atoms with van der Waals surface area (Å²) in [7, 11) is 0. The van der Waals surface area contributed by atoms with Crippen LogP contribution in [0.2, 0.25) is 0 Å². The molecule has 0 amide bonds. The van der Waals surface area contributed by atoms with E-state index in [-0.39, 0.29) is 12.4 Å². The largest absolute Gasteiger partial charge is 0.313 e. The predicted molar refractivity (Wildman–Crippen MR) is 73.6 cm³/mol. The molecule has 98 valence electrons. The monoisotopic (exact) mass is 257 g/mol. The van der Waals surface area contributed by atoms with Crippen molar-refractivity contribution in [2.24, 2.45) is 0 Å². The number of halogens is 1. The van der Waals surface area contributed by atoms with E-state index >= 15 is 0 Å². The lowest BCUT2D eigenvalue weighted by Crippen LogP contribution is -2.14. The Bertz CT molecular complexity index is 305. The fourth-order valence-electron chi connectivity index (χ4n) is 2.37. The highest BCUT2D eigenvalue weighted by molar-refractivity contribution is 5.85. The van der Waals surface area contributed by atoms with Crippen LogP contribution in [0.3, 0.4) is 0 Å². The van der Waals surface area contributed by atoms with Gasteiger partial charge in [0.15, 0.2) is 0 Å². The molecule has 3 nitrogen and oxygen atoms in total. The predicted octanol–water partition coefficient (Wildman–Crippen LogP) is 3.31. The molecule has 1 N–H and O–H groups in total.